The van der Waals surface area contributed by atoms with Gasteiger partial charge in [-0.1, -0.05) is 285 Å². The quantitative estimate of drug-likeness (QED) is 0.0344. The van der Waals surface area contributed by atoms with Gasteiger partial charge in [-0.05, 0) is 31.1 Å². The Kier molecular flexibility index (Phi) is 49.6. The second kappa shape index (κ2) is 50.8. The van der Waals surface area contributed by atoms with E-state index in [9.17, 15) is 14.4 Å². The highest BCUT2D eigenvalue weighted by molar-refractivity contribution is 5.71. The minimum atomic E-state index is -0.763. The summed E-state index contributed by atoms with van der Waals surface area (Å²) >= 11 is 0. The largest absolute Gasteiger partial charge is 0.462 e. The van der Waals surface area contributed by atoms with Gasteiger partial charge in [0, 0.05) is 19.3 Å². The Bertz CT molecular complexity index is 978. The predicted octanol–water partition coefficient (Wildman–Crippen LogP) is 18.9. The van der Waals surface area contributed by atoms with Crippen LogP contribution in [0.1, 0.15) is 324 Å². The topological polar surface area (TPSA) is 78.9 Å². The van der Waals surface area contributed by atoms with Gasteiger partial charge in [0.2, 0.25) is 0 Å². The number of unbranched alkanes of at least 4 members (excludes halogenated alkanes) is 37. The third-order valence-corrected chi connectivity index (χ3v) is 13.2. The van der Waals surface area contributed by atoms with E-state index >= 15 is 0 Å². The standard InChI is InChI=1S/C58H112O6/c1-6-7-8-9-10-11-12-13-14-15-16-20-23-26-29-32-38-43-48-56(59)62-51-55(52-63-57(60)49-44-39-35-34-37-42-47-54(4)5)64-58(61)50-45-40-33-30-27-24-21-18-17-19-22-25-28-31-36-41-46-53(2)3/h53-55H,6-52H2,1-5H3/t55-/m1/s1. The van der Waals surface area contributed by atoms with Crippen molar-refractivity contribution in [2.45, 2.75) is 330 Å². The van der Waals surface area contributed by atoms with Gasteiger partial charge in [-0.25, -0.2) is 0 Å². The highest BCUT2D eigenvalue weighted by atomic mass is 16.6. The number of ether oxygens (including phenoxy) is 3. The monoisotopic (exact) mass is 905 g/mol. The van der Waals surface area contributed by atoms with E-state index in [1.165, 1.54) is 212 Å². The average Bonchev–Trinajstić information content (AvgIpc) is 3.27. The summed E-state index contributed by atoms with van der Waals surface area (Å²) in [5, 5.41) is 0. The van der Waals surface area contributed by atoms with Crippen LogP contribution in [0.15, 0.2) is 0 Å². The predicted molar refractivity (Wildman–Crippen MR) is 275 cm³/mol. The highest BCUT2D eigenvalue weighted by Gasteiger charge is 2.19. The molecule has 0 aliphatic carbocycles. The number of hydrogen-bond acceptors (Lipinski definition) is 6. The SMILES string of the molecule is CCCCCCCCCCCCCCCCCCCCC(=O)OC[C@H](COC(=O)CCCCCCCCC(C)C)OC(=O)CCCCCCCCCCCCCCCCCCC(C)C. The lowest BCUT2D eigenvalue weighted by molar-refractivity contribution is -0.167. The summed E-state index contributed by atoms with van der Waals surface area (Å²) in [6, 6.07) is 0. The summed E-state index contributed by atoms with van der Waals surface area (Å²) < 4.78 is 16.8. The molecule has 0 unspecified atom stereocenters. The average molecular weight is 906 g/mol. The number of rotatable bonds is 52. The van der Waals surface area contributed by atoms with Crippen LogP contribution in [0.3, 0.4) is 0 Å². The first-order valence-electron chi connectivity index (χ1n) is 28.7. The molecule has 0 heterocycles. The van der Waals surface area contributed by atoms with Crippen LogP contribution >= 0.6 is 0 Å². The van der Waals surface area contributed by atoms with Gasteiger partial charge in [0.05, 0.1) is 0 Å². The summed E-state index contributed by atoms with van der Waals surface area (Å²) in [6.45, 7) is 11.3. The first-order chi connectivity index (χ1) is 31.2. The summed E-state index contributed by atoms with van der Waals surface area (Å²) in [4.78, 5) is 38.0. The second-order valence-corrected chi connectivity index (χ2v) is 20.9. The van der Waals surface area contributed by atoms with Gasteiger partial charge < -0.3 is 14.2 Å². The molecule has 0 amide bonds. The van der Waals surface area contributed by atoms with Crippen molar-refractivity contribution < 1.29 is 28.6 Å². The Morgan fingerprint density at radius 1 is 0.297 bits per heavy atom. The van der Waals surface area contributed by atoms with Crippen LogP contribution in [-0.4, -0.2) is 37.2 Å². The first kappa shape index (κ1) is 62.4. The van der Waals surface area contributed by atoms with E-state index < -0.39 is 6.10 Å². The zero-order valence-electron chi connectivity index (χ0n) is 43.9. The molecular formula is C58H112O6. The van der Waals surface area contributed by atoms with Crippen LogP contribution < -0.4 is 0 Å². The van der Waals surface area contributed by atoms with Crippen LogP contribution in [0, 0.1) is 11.8 Å². The molecular weight excluding hydrogens is 793 g/mol. The van der Waals surface area contributed by atoms with E-state index in [1.807, 2.05) is 0 Å². The molecule has 0 aromatic carbocycles. The van der Waals surface area contributed by atoms with Crippen molar-refractivity contribution in [3.8, 4) is 0 Å². The lowest BCUT2D eigenvalue weighted by Crippen LogP contribution is -2.30. The molecule has 0 saturated heterocycles. The Morgan fingerprint density at radius 3 is 0.766 bits per heavy atom. The molecule has 0 fully saturated rings. The summed E-state index contributed by atoms with van der Waals surface area (Å²) in [5.41, 5.74) is 0. The second-order valence-electron chi connectivity index (χ2n) is 20.9. The Hall–Kier alpha value is -1.59. The molecule has 0 aromatic rings. The molecule has 0 rings (SSSR count). The lowest BCUT2D eigenvalue weighted by atomic mass is 10.0. The minimum absolute atomic E-state index is 0.0636. The van der Waals surface area contributed by atoms with Crippen molar-refractivity contribution in [2.24, 2.45) is 11.8 Å². The van der Waals surface area contributed by atoms with E-state index in [0.29, 0.717) is 19.3 Å². The van der Waals surface area contributed by atoms with Gasteiger partial charge in [-0.15, -0.1) is 0 Å². The summed E-state index contributed by atoms with van der Waals surface area (Å²) in [5.74, 6) is 0.769. The van der Waals surface area contributed by atoms with E-state index in [-0.39, 0.29) is 31.1 Å². The van der Waals surface area contributed by atoms with Crippen molar-refractivity contribution in [1.29, 1.82) is 0 Å². The Labute approximate surface area is 399 Å². The molecule has 64 heavy (non-hydrogen) atoms. The zero-order valence-corrected chi connectivity index (χ0v) is 43.9. The van der Waals surface area contributed by atoms with E-state index in [4.69, 9.17) is 14.2 Å². The highest BCUT2D eigenvalue weighted by Crippen LogP contribution is 2.18. The van der Waals surface area contributed by atoms with E-state index in [0.717, 1.165) is 69.6 Å². The van der Waals surface area contributed by atoms with Gasteiger partial charge in [0.25, 0.3) is 0 Å². The number of hydrogen-bond donors (Lipinski definition) is 0. The fourth-order valence-electron chi connectivity index (χ4n) is 8.87. The zero-order chi connectivity index (χ0) is 46.8. The number of esters is 3. The fourth-order valence-corrected chi connectivity index (χ4v) is 8.87. The van der Waals surface area contributed by atoms with E-state index in [2.05, 4.69) is 34.6 Å². The molecule has 380 valence electrons. The molecule has 0 aromatic heterocycles. The molecule has 0 aliphatic heterocycles. The molecule has 0 saturated carbocycles. The van der Waals surface area contributed by atoms with Crippen molar-refractivity contribution in [1.82, 2.24) is 0 Å². The maximum absolute atomic E-state index is 12.8. The van der Waals surface area contributed by atoms with E-state index in [1.54, 1.807) is 0 Å². The molecule has 0 N–H and O–H groups in total. The summed E-state index contributed by atoms with van der Waals surface area (Å²) in [7, 11) is 0. The minimum Gasteiger partial charge on any atom is -0.462 e. The van der Waals surface area contributed by atoms with Crippen LogP contribution in [0.2, 0.25) is 0 Å². The maximum atomic E-state index is 12.8. The molecule has 0 bridgehead atoms. The van der Waals surface area contributed by atoms with Crippen molar-refractivity contribution in [3.05, 3.63) is 0 Å². The van der Waals surface area contributed by atoms with Crippen LogP contribution in [0.5, 0.6) is 0 Å². The Morgan fingerprint density at radius 2 is 0.516 bits per heavy atom. The Balaban J connectivity index is 4.21. The van der Waals surface area contributed by atoms with Crippen LogP contribution in [0.25, 0.3) is 0 Å². The number of carbonyl (C=O) groups excluding carboxylic acids is 3. The van der Waals surface area contributed by atoms with Gasteiger partial charge in [-0.2, -0.15) is 0 Å². The van der Waals surface area contributed by atoms with Gasteiger partial charge in [-0.3, -0.25) is 14.4 Å². The smallest absolute Gasteiger partial charge is 0.306 e. The maximum Gasteiger partial charge on any atom is 0.306 e. The van der Waals surface area contributed by atoms with Crippen molar-refractivity contribution >= 4 is 17.9 Å². The van der Waals surface area contributed by atoms with Crippen molar-refractivity contribution in [3.63, 3.8) is 0 Å². The normalized spacial score (nSPS) is 12.0. The summed E-state index contributed by atoms with van der Waals surface area (Å²) in [6.07, 6.45) is 54.0. The number of carbonyl (C=O) groups is 3. The van der Waals surface area contributed by atoms with Gasteiger partial charge in [0.15, 0.2) is 6.10 Å². The molecule has 6 heteroatoms. The lowest BCUT2D eigenvalue weighted by Gasteiger charge is -2.18. The van der Waals surface area contributed by atoms with Crippen LogP contribution in [-0.2, 0) is 28.6 Å². The van der Waals surface area contributed by atoms with Gasteiger partial charge >= 0.3 is 17.9 Å². The third-order valence-electron chi connectivity index (χ3n) is 13.2. The third kappa shape index (κ3) is 51.4. The molecule has 1 atom stereocenters. The van der Waals surface area contributed by atoms with Crippen molar-refractivity contribution in [2.75, 3.05) is 13.2 Å². The molecule has 0 radical (unpaired) electrons. The van der Waals surface area contributed by atoms with Crippen LogP contribution in [0.4, 0.5) is 0 Å². The van der Waals surface area contributed by atoms with Gasteiger partial charge in [0.1, 0.15) is 13.2 Å². The molecule has 6 nitrogen and oxygen atoms in total. The molecule has 0 aliphatic rings. The first-order valence-corrected chi connectivity index (χ1v) is 28.7. The fraction of sp³-hybridized carbons (Fsp3) is 0.948. The molecule has 0 spiro atoms.